The van der Waals surface area contributed by atoms with Crippen molar-refractivity contribution in [1.29, 1.82) is 0 Å². The van der Waals surface area contributed by atoms with Gasteiger partial charge < -0.3 is 0 Å². The summed E-state index contributed by atoms with van der Waals surface area (Å²) >= 11 is 0. The lowest BCUT2D eigenvalue weighted by atomic mass is 9.75. The fourth-order valence-electron chi connectivity index (χ4n) is 4.57. The van der Waals surface area contributed by atoms with Crippen molar-refractivity contribution < 1.29 is 9.18 Å². The van der Waals surface area contributed by atoms with Crippen LogP contribution in [0.4, 0.5) is 4.39 Å². The lowest BCUT2D eigenvalue weighted by Crippen LogP contribution is -2.27. The fourth-order valence-corrected chi connectivity index (χ4v) is 4.57. The lowest BCUT2D eigenvalue weighted by molar-refractivity contribution is -0.126. The molecule has 0 radical (unpaired) electrons. The van der Waals surface area contributed by atoms with Gasteiger partial charge in [-0.15, -0.1) is 0 Å². The van der Waals surface area contributed by atoms with Crippen LogP contribution in [0.15, 0.2) is 24.3 Å². The maximum absolute atomic E-state index is 14.5. The van der Waals surface area contributed by atoms with Crippen molar-refractivity contribution in [2.45, 2.75) is 78.2 Å². The van der Waals surface area contributed by atoms with Crippen molar-refractivity contribution in [2.75, 3.05) is 13.1 Å². The molecule has 0 aromatic heterocycles. The smallest absolute Gasteiger partial charge is 0.143 e. The summed E-state index contributed by atoms with van der Waals surface area (Å²) in [7, 11) is 0. The molecule has 1 heterocycles. The molecule has 2 aliphatic rings. The molecule has 0 spiro atoms. The van der Waals surface area contributed by atoms with Crippen molar-refractivity contribution in [2.24, 2.45) is 11.8 Å². The third kappa shape index (κ3) is 5.31. The quantitative estimate of drug-likeness (QED) is 0.411. The van der Waals surface area contributed by atoms with Gasteiger partial charge in [-0.1, -0.05) is 57.7 Å². The number of hydrogen-bond acceptors (Lipinski definition) is 2. The standard InChI is InChI=1S/C25H36FNO/c1-3-5-6-7-10-19(4-2)25(28)23-15-22(16-23)20-11-12-21(24(26)17-20)18-27-13-8-9-14-27/h11-12,15,17,19,23H,3-10,13-14,16,18H2,1-2H3. The number of ketones is 1. The zero-order valence-corrected chi connectivity index (χ0v) is 17.7. The predicted molar refractivity (Wildman–Crippen MR) is 115 cm³/mol. The third-order valence-corrected chi connectivity index (χ3v) is 6.53. The summed E-state index contributed by atoms with van der Waals surface area (Å²) in [5.41, 5.74) is 2.87. The maximum Gasteiger partial charge on any atom is 0.143 e. The van der Waals surface area contributed by atoms with E-state index in [1.165, 1.54) is 32.1 Å². The molecule has 154 valence electrons. The van der Waals surface area contributed by atoms with Gasteiger partial charge in [0.05, 0.1) is 0 Å². The van der Waals surface area contributed by atoms with Crippen LogP contribution < -0.4 is 0 Å². The Labute approximate surface area is 170 Å². The molecule has 1 aliphatic heterocycles. The van der Waals surface area contributed by atoms with E-state index in [0.29, 0.717) is 12.3 Å². The first kappa shape index (κ1) is 21.2. The normalized spacial score (nSPS) is 20.7. The highest BCUT2D eigenvalue weighted by Gasteiger charge is 2.31. The average Bonchev–Trinajstić information content (AvgIpc) is 3.16. The minimum absolute atomic E-state index is 0.0402. The van der Waals surface area contributed by atoms with E-state index in [0.717, 1.165) is 55.5 Å². The summed E-state index contributed by atoms with van der Waals surface area (Å²) in [6, 6.07) is 5.63. The number of nitrogens with zero attached hydrogens (tertiary/aromatic N) is 1. The number of carbonyl (C=O) groups is 1. The highest BCUT2D eigenvalue weighted by Crippen LogP contribution is 2.37. The maximum atomic E-state index is 14.5. The van der Waals surface area contributed by atoms with E-state index in [9.17, 15) is 9.18 Å². The van der Waals surface area contributed by atoms with Crippen LogP contribution in [0.5, 0.6) is 0 Å². The number of benzene rings is 1. The Bertz CT molecular complexity index is 690. The molecule has 28 heavy (non-hydrogen) atoms. The molecule has 0 saturated carbocycles. The summed E-state index contributed by atoms with van der Waals surface area (Å²) < 4.78 is 14.5. The Balaban J connectivity index is 1.55. The van der Waals surface area contributed by atoms with Gasteiger partial charge in [-0.2, -0.15) is 0 Å². The van der Waals surface area contributed by atoms with Gasteiger partial charge in [0.1, 0.15) is 11.6 Å². The second-order valence-electron chi connectivity index (χ2n) is 8.65. The van der Waals surface area contributed by atoms with Crippen LogP contribution in [0.25, 0.3) is 5.57 Å². The monoisotopic (exact) mass is 385 g/mol. The minimum atomic E-state index is -0.109. The molecule has 1 fully saturated rings. The van der Waals surface area contributed by atoms with Crippen molar-refractivity contribution in [3.05, 3.63) is 41.2 Å². The first-order chi connectivity index (χ1) is 13.6. The van der Waals surface area contributed by atoms with E-state index in [-0.39, 0.29) is 17.7 Å². The molecule has 2 unspecified atom stereocenters. The predicted octanol–water partition coefficient (Wildman–Crippen LogP) is 6.39. The number of halogens is 1. The number of hydrogen-bond donors (Lipinski definition) is 0. The van der Waals surface area contributed by atoms with Crippen molar-refractivity contribution in [1.82, 2.24) is 4.90 Å². The van der Waals surface area contributed by atoms with E-state index in [1.807, 2.05) is 12.1 Å². The van der Waals surface area contributed by atoms with Gasteiger partial charge in [0.25, 0.3) is 0 Å². The van der Waals surface area contributed by atoms with E-state index < -0.39 is 0 Å². The summed E-state index contributed by atoms with van der Waals surface area (Å²) in [6.07, 6.45) is 12.1. The number of unbranched alkanes of at least 4 members (excludes halogenated alkanes) is 3. The Kier molecular flexibility index (Phi) is 7.84. The van der Waals surface area contributed by atoms with Crippen LogP contribution in [0, 0.1) is 17.7 Å². The van der Waals surface area contributed by atoms with Crippen molar-refractivity contribution in [3.63, 3.8) is 0 Å². The molecule has 1 aromatic rings. The van der Waals surface area contributed by atoms with Crippen molar-refractivity contribution in [3.8, 4) is 0 Å². The van der Waals surface area contributed by atoms with Gasteiger partial charge in [0, 0.05) is 23.9 Å². The topological polar surface area (TPSA) is 20.3 Å². The van der Waals surface area contributed by atoms with E-state index in [1.54, 1.807) is 6.07 Å². The lowest BCUT2D eigenvalue weighted by Gasteiger charge is -2.28. The first-order valence-electron chi connectivity index (χ1n) is 11.4. The van der Waals surface area contributed by atoms with Gasteiger partial charge in [0.2, 0.25) is 0 Å². The molecule has 1 aliphatic carbocycles. The zero-order valence-electron chi connectivity index (χ0n) is 17.7. The molecule has 2 atom stereocenters. The van der Waals surface area contributed by atoms with Gasteiger partial charge in [0.15, 0.2) is 0 Å². The van der Waals surface area contributed by atoms with Crippen LogP contribution in [0.2, 0.25) is 0 Å². The number of carbonyl (C=O) groups excluding carboxylic acids is 1. The van der Waals surface area contributed by atoms with Crippen LogP contribution in [0.1, 0.15) is 82.8 Å². The van der Waals surface area contributed by atoms with Crippen molar-refractivity contribution >= 4 is 11.4 Å². The Morgan fingerprint density at radius 2 is 1.93 bits per heavy atom. The first-order valence-corrected chi connectivity index (χ1v) is 11.4. The Hall–Kier alpha value is -1.48. The SMILES string of the molecule is CCCCCCC(CC)C(=O)C1C=C(c2ccc(CN3CCCC3)c(F)c2)C1. The fraction of sp³-hybridized carbons (Fsp3) is 0.640. The van der Waals surface area contributed by atoms with Crippen LogP contribution in [-0.4, -0.2) is 23.8 Å². The van der Waals surface area contributed by atoms with Gasteiger partial charge >= 0.3 is 0 Å². The van der Waals surface area contributed by atoms with E-state index in [4.69, 9.17) is 0 Å². The highest BCUT2D eigenvalue weighted by molar-refractivity contribution is 5.92. The van der Waals surface area contributed by atoms with Gasteiger partial charge in [-0.3, -0.25) is 9.69 Å². The third-order valence-electron chi connectivity index (χ3n) is 6.53. The second kappa shape index (κ2) is 10.3. The van der Waals surface area contributed by atoms with Gasteiger partial charge in [-0.25, -0.2) is 4.39 Å². The largest absolute Gasteiger partial charge is 0.299 e. The number of rotatable bonds is 11. The highest BCUT2D eigenvalue weighted by atomic mass is 19.1. The number of Topliss-reactive ketones (excluding diaryl/α,β-unsaturated/α-hetero) is 1. The molecule has 3 heteroatoms. The average molecular weight is 386 g/mol. The number of allylic oxidation sites excluding steroid dienone is 2. The van der Waals surface area contributed by atoms with Crippen LogP contribution in [0.3, 0.4) is 0 Å². The molecular weight excluding hydrogens is 349 g/mol. The minimum Gasteiger partial charge on any atom is -0.299 e. The zero-order chi connectivity index (χ0) is 19.9. The second-order valence-corrected chi connectivity index (χ2v) is 8.65. The number of likely N-dealkylation sites (tertiary alicyclic amines) is 1. The van der Waals surface area contributed by atoms with Crippen LogP contribution >= 0.6 is 0 Å². The summed E-state index contributed by atoms with van der Waals surface area (Å²) in [6.45, 7) is 7.20. The van der Waals surface area contributed by atoms with E-state index in [2.05, 4.69) is 24.8 Å². The summed E-state index contributed by atoms with van der Waals surface area (Å²) in [5.74, 6) is 0.522. The molecule has 1 saturated heterocycles. The Morgan fingerprint density at radius 1 is 1.18 bits per heavy atom. The Morgan fingerprint density at radius 3 is 2.57 bits per heavy atom. The molecule has 1 aromatic carbocycles. The van der Waals surface area contributed by atoms with E-state index >= 15 is 0 Å². The molecule has 0 amide bonds. The molecule has 2 nitrogen and oxygen atoms in total. The summed E-state index contributed by atoms with van der Waals surface area (Å²) in [5, 5.41) is 0. The summed E-state index contributed by atoms with van der Waals surface area (Å²) in [4.78, 5) is 15.1. The molecular formula is C25H36FNO. The van der Waals surface area contributed by atoms with Crippen LogP contribution in [-0.2, 0) is 11.3 Å². The molecule has 0 N–H and O–H groups in total. The van der Waals surface area contributed by atoms with Gasteiger partial charge in [-0.05, 0) is 62.4 Å². The molecule has 0 bridgehead atoms. The molecule has 3 rings (SSSR count).